The molecule has 1 saturated heterocycles. The van der Waals surface area contributed by atoms with Crippen molar-refractivity contribution < 1.29 is 13.2 Å². The third kappa shape index (κ3) is 3.47. The van der Waals surface area contributed by atoms with Crippen molar-refractivity contribution in [1.82, 2.24) is 4.31 Å². The van der Waals surface area contributed by atoms with Crippen LogP contribution in [0.25, 0.3) is 0 Å². The van der Waals surface area contributed by atoms with Gasteiger partial charge in [0.25, 0.3) is 0 Å². The van der Waals surface area contributed by atoms with Crippen LogP contribution in [0.2, 0.25) is 0 Å². The van der Waals surface area contributed by atoms with Gasteiger partial charge in [-0.05, 0) is 36.0 Å². The molecule has 0 unspecified atom stereocenters. The number of rotatable bonds is 4. The Bertz CT molecular complexity index is 573. The second-order valence-electron chi connectivity index (χ2n) is 6.64. The largest absolute Gasteiger partial charge is 0.383 e. The number of sulfonamides is 1. The van der Waals surface area contributed by atoms with Gasteiger partial charge in [0.1, 0.15) is 0 Å². The molecular weight excluding hydrogens is 286 g/mol. The van der Waals surface area contributed by atoms with Crippen LogP contribution < -0.4 is 0 Å². The third-order valence-electron chi connectivity index (χ3n) is 4.01. The first kappa shape index (κ1) is 16.5. The minimum absolute atomic E-state index is 0.0223. The van der Waals surface area contributed by atoms with E-state index in [-0.39, 0.29) is 11.5 Å². The fraction of sp³-hybridized carbons (Fsp3) is 0.625. The van der Waals surface area contributed by atoms with E-state index in [4.69, 9.17) is 4.74 Å². The highest BCUT2D eigenvalue weighted by molar-refractivity contribution is 7.89. The summed E-state index contributed by atoms with van der Waals surface area (Å²) in [6.07, 6.45) is 1.76. The van der Waals surface area contributed by atoms with Crippen LogP contribution in [0.1, 0.15) is 39.2 Å². The minimum Gasteiger partial charge on any atom is -0.383 e. The molecule has 0 bridgehead atoms. The van der Waals surface area contributed by atoms with Gasteiger partial charge in [0, 0.05) is 19.7 Å². The van der Waals surface area contributed by atoms with Crippen molar-refractivity contribution in [2.24, 2.45) is 0 Å². The fourth-order valence-corrected chi connectivity index (χ4v) is 4.43. The number of ether oxygens (including phenoxy) is 1. The lowest BCUT2D eigenvalue weighted by atomic mass is 9.87. The van der Waals surface area contributed by atoms with Gasteiger partial charge in [-0.2, -0.15) is 4.31 Å². The Hall–Kier alpha value is -0.910. The summed E-state index contributed by atoms with van der Waals surface area (Å²) in [6, 6.07) is 7.22. The zero-order valence-corrected chi connectivity index (χ0v) is 14.1. The van der Waals surface area contributed by atoms with Crippen LogP contribution in [0, 0.1) is 0 Å². The van der Waals surface area contributed by atoms with E-state index in [1.165, 1.54) is 0 Å². The lowest BCUT2D eigenvalue weighted by molar-refractivity contribution is 0.149. The van der Waals surface area contributed by atoms with Gasteiger partial charge in [0.2, 0.25) is 10.0 Å². The summed E-state index contributed by atoms with van der Waals surface area (Å²) in [5.74, 6) is 0. The average molecular weight is 311 g/mol. The maximum atomic E-state index is 12.8. The fourth-order valence-electron chi connectivity index (χ4n) is 2.75. The summed E-state index contributed by atoms with van der Waals surface area (Å²) in [6.45, 7) is 7.39. The van der Waals surface area contributed by atoms with E-state index in [9.17, 15) is 8.42 Å². The molecular formula is C16H25NO3S. The molecule has 1 atom stereocenters. The molecule has 0 radical (unpaired) electrons. The first-order valence-corrected chi connectivity index (χ1v) is 8.82. The van der Waals surface area contributed by atoms with Crippen LogP contribution in [0.4, 0.5) is 0 Å². The van der Waals surface area contributed by atoms with Crippen molar-refractivity contribution in [1.29, 1.82) is 0 Å². The first-order chi connectivity index (χ1) is 9.76. The molecule has 2 rings (SSSR count). The normalized spacial score (nSPS) is 20.9. The van der Waals surface area contributed by atoms with E-state index in [1.807, 2.05) is 12.1 Å². The standard InChI is InChI=1S/C16H25NO3S/c1-16(2,3)13-7-9-15(10-8-13)21(18,19)17-11-5-6-14(17)12-20-4/h7-10,14H,5-6,11-12H2,1-4H3/t14-/m1/s1. The molecule has 1 heterocycles. The number of benzene rings is 1. The average Bonchev–Trinajstić information content (AvgIpc) is 2.87. The number of hydrogen-bond acceptors (Lipinski definition) is 3. The summed E-state index contributed by atoms with van der Waals surface area (Å²) >= 11 is 0. The van der Waals surface area contributed by atoms with Crippen molar-refractivity contribution >= 4 is 10.0 Å². The summed E-state index contributed by atoms with van der Waals surface area (Å²) < 4.78 is 32.2. The second-order valence-corrected chi connectivity index (χ2v) is 8.53. The Morgan fingerprint density at radius 2 is 1.86 bits per heavy atom. The van der Waals surface area contributed by atoms with Crippen LogP contribution >= 0.6 is 0 Å². The van der Waals surface area contributed by atoms with Crippen molar-refractivity contribution in [3.05, 3.63) is 29.8 Å². The zero-order chi connectivity index (χ0) is 15.7. The van der Waals surface area contributed by atoms with Crippen molar-refractivity contribution in [2.45, 2.75) is 50.0 Å². The van der Waals surface area contributed by atoms with E-state index >= 15 is 0 Å². The highest BCUT2D eigenvalue weighted by Crippen LogP contribution is 2.28. The monoisotopic (exact) mass is 311 g/mol. The maximum absolute atomic E-state index is 12.8. The second kappa shape index (κ2) is 6.07. The van der Waals surface area contributed by atoms with Gasteiger partial charge in [0.15, 0.2) is 0 Å². The first-order valence-electron chi connectivity index (χ1n) is 7.38. The van der Waals surface area contributed by atoms with Gasteiger partial charge in [-0.25, -0.2) is 8.42 Å². The summed E-state index contributed by atoms with van der Waals surface area (Å²) in [5.41, 5.74) is 1.16. The molecule has 1 aromatic carbocycles. The molecule has 0 aromatic heterocycles. The SMILES string of the molecule is COC[C@H]1CCCN1S(=O)(=O)c1ccc(C(C)(C)C)cc1. The number of methoxy groups -OCH3 is 1. The molecule has 1 aromatic rings. The number of hydrogen-bond donors (Lipinski definition) is 0. The van der Waals surface area contributed by atoms with E-state index < -0.39 is 10.0 Å². The predicted octanol–water partition coefficient (Wildman–Crippen LogP) is 2.78. The molecule has 0 saturated carbocycles. The van der Waals surface area contributed by atoms with Crippen molar-refractivity contribution in [3.8, 4) is 0 Å². The maximum Gasteiger partial charge on any atom is 0.243 e. The Labute approximate surface area is 128 Å². The van der Waals surface area contributed by atoms with Crippen LogP contribution in [-0.2, 0) is 20.2 Å². The van der Waals surface area contributed by atoms with Gasteiger partial charge in [0.05, 0.1) is 11.5 Å². The van der Waals surface area contributed by atoms with Gasteiger partial charge in [-0.3, -0.25) is 0 Å². The third-order valence-corrected chi connectivity index (χ3v) is 5.98. The smallest absolute Gasteiger partial charge is 0.243 e. The topological polar surface area (TPSA) is 46.6 Å². The summed E-state index contributed by atoms with van der Waals surface area (Å²) in [7, 11) is -1.81. The molecule has 0 amide bonds. The molecule has 0 N–H and O–H groups in total. The highest BCUT2D eigenvalue weighted by atomic mass is 32.2. The molecule has 1 aliphatic rings. The lowest BCUT2D eigenvalue weighted by Crippen LogP contribution is -2.38. The molecule has 21 heavy (non-hydrogen) atoms. The molecule has 1 fully saturated rings. The summed E-state index contributed by atoms with van der Waals surface area (Å²) in [5, 5.41) is 0. The summed E-state index contributed by atoms with van der Waals surface area (Å²) in [4.78, 5) is 0.374. The Kier molecular flexibility index (Phi) is 4.76. The van der Waals surface area contributed by atoms with Gasteiger partial charge < -0.3 is 4.74 Å². The Morgan fingerprint density at radius 3 is 2.38 bits per heavy atom. The Morgan fingerprint density at radius 1 is 1.24 bits per heavy atom. The molecule has 118 valence electrons. The zero-order valence-electron chi connectivity index (χ0n) is 13.3. The highest BCUT2D eigenvalue weighted by Gasteiger charge is 2.35. The van der Waals surface area contributed by atoms with Crippen molar-refractivity contribution in [3.63, 3.8) is 0 Å². The molecule has 5 heteroatoms. The van der Waals surface area contributed by atoms with Crippen LogP contribution in [-0.4, -0.2) is 39.0 Å². The van der Waals surface area contributed by atoms with E-state index in [0.29, 0.717) is 18.0 Å². The van der Waals surface area contributed by atoms with Crippen molar-refractivity contribution in [2.75, 3.05) is 20.3 Å². The number of nitrogens with zero attached hydrogens (tertiary/aromatic N) is 1. The molecule has 0 aliphatic carbocycles. The van der Waals surface area contributed by atoms with Gasteiger partial charge in [-0.15, -0.1) is 0 Å². The van der Waals surface area contributed by atoms with Crippen LogP contribution in [0.15, 0.2) is 29.2 Å². The molecule has 1 aliphatic heterocycles. The van der Waals surface area contributed by atoms with Crippen LogP contribution in [0.3, 0.4) is 0 Å². The van der Waals surface area contributed by atoms with Gasteiger partial charge >= 0.3 is 0 Å². The van der Waals surface area contributed by atoms with Gasteiger partial charge in [-0.1, -0.05) is 32.9 Å². The molecule has 4 nitrogen and oxygen atoms in total. The van der Waals surface area contributed by atoms with E-state index in [1.54, 1.807) is 23.5 Å². The van der Waals surface area contributed by atoms with E-state index in [0.717, 1.165) is 18.4 Å². The minimum atomic E-state index is -3.42. The lowest BCUT2D eigenvalue weighted by Gasteiger charge is -2.24. The molecule has 0 spiro atoms. The quantitative estimate of drug-likeness (QED) is 0.859. The van der Waals surface area contributed by atoms with Crippen LogP contribution in [0.5, 0.6) is 0 Å². The van der Waals surface area contributed by atoms with E-state index in [2.05, 4.69) is 20.8 Å². The predicted molar refractivity (Wildman–Crippen MR) is 83.9 cm³/mol. The Balaban J connectivity index is 2.27.